The minimum atomic E-state index is -1.15. The van der Waals surface area contributed by atoms with E-state index in [2.05, 4.69) is 15.8 Å². The van der Waals surface area contributed by atoms with Crippen LogP contribution in [-0.2, 0) is 11.3 Å². The molecule has 2 amide bonds. The lowest BCUT2D eigenvalue weighted by Crippen LogP contribution is -2.56. The van der Waals surface area contributed by atoms with Crippen LogP contribution in [0.4, 0.5) is 4.79 Å². The highest BCUT2D eigenvalue weighted by Crippen LogP contribution is 2.27. The van der Waals surface area contributed by atoms with Crippen LogP contribution >= 0.6 is 0 Å². The van der Waals surface area contributed by atoms with Crippen LogP contribution in [0.5, 0.6) is 0 Å². The Hall–Kier alpha value is -2.05. The maximum atomic E-state index is 12.0. The molecule has 0 radical (unpaired) electrons. The number of carbonyl (C=O) groups excluding carboxylic acids is 1. The van der Waals surface area contributed by atoms with Gasteiger partial charge in [-0.3, -0.25) is 0 Å². The maximum absolute atomic E-state index is 12.0. The molecule has 116 valence electrons. The van der Waals surface area contributed by atoms with Crippen LogP contribution in [0.3, 0.4) is 0 Å². The molecule has 1 heterocycles. The second-order valence-corrected chi connectivity index (χ2v) is 5.54. The Morgan fingerprint density at radius 3 is 2.52 bits per heavy atom. The van der Waals surface area contributed by atoms with Gasteiger partial charge in [0, 0.05) is 6.07 Å². The first kappa shape index (κ1) is 15.3. The molecule has 1 fully saturated rings. The van der Waals surface area contributed by atoms with Gasteiger partial charge in [-0.05, 0) is 19.8 Å². The smallest absolute Gasteiger partial charge is 0.329 e. The van der Waals surface area contributed by atoms with E-state index in [1.165, 1.54) is 0 Å². The van der Waals surface area contributed by atoms with Gasteiger partial charge in [-0.25, -0.2) is 9.59 Å². The Balaban J connectivity index is 1.93. The van der Waals surface area contributed by atoms with E-state index >= 15 is 0 Å². The molecule has 7 nitrogen and oxygen atoms in total. The lowest BCUT2D eigenvalue weighted by molar-refractivity contribution is -0.145. The molecule has 1 aromatic rings. The molecule has 1 aliphatic rings. The van der Waals surface area contributed by atoms with E-state index in [1.807, 2.05) is 0 Å². The molecule has 21 heavy (non-hydrogen) atoms. The minimum absolute atomic E-state index is 0.183. The van der Waals surface area contributed by atoms with Crippen LogP contribution in [-0.4, -0.2) is 27.8 Å². The molecule has 2 rings (SSSR count). The summed E-state index contributed by atoms with van der Waals surface area (Å²) < 4.78 is 4.99. The number of urea groups is 1. The predicted molar refractivity (Wildman–Crippen MR) is 74.7 cm³/mol. The molecule has 0 spiro atoms. The monoisotopic (exact) mass is 295 g/mol. The van der Waals surface area contributed by atoms with Gasteiger partial charge in [0.15, 0.2) is 5.76 Å². The number of carboxylic acid groups (broad SMARTS) is 1. The Labute approximate surface area is 123 Å². The quantitative estimate of drug-likeness (QED) is 0.736. The number of carboxylic acids is 1. The number of nitrogens with zero attached hydrogens (tertiary/aromatic N) is 1. The first-order valence-electron chi connectivity index (χ1n) is 7.23. The zero-order chi connectivity index (χ0) is 15.3. The number of hydrogen-bond donors (Lipinski definition) is 3. The third-order valence-electron chi connectivity index (χ3n) is 3.82. The van der Waals surface area contributed by atoms with E-state index < -0.39 is 17.5 Å². The zero-order valence-corrected chi connectivity index (χ0v) is 12.1. The number of aromatic nitrogens is 1. The van der Waals surface area contributed by atoms with Gasteiger partial charge in [-0.2, -0.15) is 0 Å². The molecule has 0 aromatic carbocycles. The standard InChI is InChI=1S/C14H21N3O4/c1-10-8-11(21-17-10)9-15-13(20)16-14(12(18)19)6-4-2-3-5-7-14/h8H,2-7,9H2,1H3,(H,18,19)(H2,15,16,20). The van der Waals surface area contributed by atoms with Crippen molar-refractivity contribution in [1.29, 1.82) is 0 Å². The van der Waals surface area contributed by atoms with Gasteiger partial charge in [0.25, 0.3) is 0 Å². The van der Waals surface area contributed by atoms with Gasteiger partial charge in [-0.1, -0.05) is 30.8 Å². The summed E-state index contributed by atoms with van der Waals surface area (Å²) >= 11 is 0. The molecule has 1 aliphatic carbocycles. The molecule has 1 saturated carbocycles. The Kier molecular flexibility index (Phi) is 4.82. The van der Waals surface area contributed by atoms with E-state index in [-0.39, 0.29) is 6.54 Å². The first-order valence-corrected chi connectivity index (χ1v) is 7.23. The zero-order valence-electron chi connectivity index (χ0n) is 12.1. The third-order valence-corrected chi connectivity index (χ3v) is 3.82. The third kappa shape index (κ3) is 3.96. The van der Waals surface area contributed by atoms with E-state index in [4.69, 9.17) is 4.52 Å². The number of aryl methyl sites for hydroxylation is 1. The number of amides is 2. The fourth-order valence-corrected chi connectivity index (χ4v) is 2.65. The molecule has 0 saturated heterocycles. The Morgan fingerprint density at radius 1 is 1.33 bits per heavy atom. The van der Waals surface area contributed by atoms with Gasteiger partial charge in [0.2, 0.25) is 0 Å². The summed E-state index contributed by atoms with van der Waals surface area (Å²) in [6.45, 7) is 1.97. The fourth-order valence-electron chi connectivity index (χ4n) is 2.65. The average Bonchev–Trinajstić information content (AvgIpc) is 2.71. The summed E-state index contributed by atoms with van der Waals surface area (Å²) in [5.74, 6) is -0.428. The van der Waals surface area contributed by atoms with Crippen LogP contribution in [0.1, 0.15) is 50.0 Å². The van der Waals surface area contributed by atoms with Crippen LogP contribution in [0.15, 0.2) is 10.6 Å². The van der Waals surface area contributed by atoms with Crippen molar-refractivity contribution in [3.63, 3.8) is 0 Å². The van der Waals surface area contributed by atoms with E-state index in [1.54, 1.807) is 13.0 Å². The van der Waals surface area contributed by atoms with Crippen molar-refractivity contribution in [1.82, 2.24) is 15.8 Å². The van der Waals surface area contributed by atoms with Crippen molar-refractivity contribution in [2.24, 2.45) is 0 Å². The lowest BCUT2D eigenvalue weighted by Gasteiger charge is -2.29. The molecule has 0 aliphatic heterocycles. The molecular weight excluding hydrogens is 274 g/mol. The van der Waals surface area contributed by atoms with E-state index in [9.17, 15) is 14.7 Å². The number of hydrogen-bond acceptors (Lipinski definition) is 4. The highest BCUT2D eigenvalue weighted by atomic mass is 16.5. The Bertz CT molecular complexity index is 504. The number of aliphatic carboxylic acids is 1. The summed E-state index contributed by atoms with van der Waals surface area (Å²) in [4.78, 5) is 23.5. The van der Waals surface area contributed by atoms with Crippen molar-refractivity contribution in [3.8, 4) is 0 Å². The van der Waals surface area contributed by atoms with Crippen molar-refractivity contribution < 1.29 is 19.2 Å². The van der Waals surface area contributed by atoms with Crippen molar-refractivity contribution >= 4 is 12.0 Å². The topological polar surface area (TPSA) is 104 Å². The second kappa shape index (κ2) is 6.60. The molecule has 0 atom stereocenters. The number of rotatable bonds is 4. The summed E-state index contributed by atoms with van der Waals surface area (Å²) in [6, 6.07) is 1.23. The summed E-state index contributed by atoms with van der Waals surface area (Å²) in [6.07, 6.45) is 4.58. The fraction of sp³-hybridized carbons (Fsp3) is 0.643. The molecule has 7 heteroatoms. The Morgan fingerprint density at radius 2 is 2.00 bits per heavy atom. The van der Waals surface area contributed by atoms with Gasteiger partial charge in [-0.15, -0.1) is 0 Å². The second-order valence-electron chi connectivity index (χ2n) is 5.54. The van der Waals surface area contributed by atoms with Crippen molar-refractivity contribution in [2.75, 3.05) is 0 Å². The van der Waals surface area contributed by atoms with Crippen molar-refractivity contribution in [2.45, 2.75) is 57.5 Å². The highest BCUT2D eigenvalue weighted by Gasteiger charge is 2.40. The van der Waals surface area contributed by atoms with Gasteiger partial charge in [0.05, 0.1) is 12.2 Å². The summed E-state index contributed by atoms with van der Waals surface area (Å²) in [5.41, 5.74) is -0.421. The lowest BCUT2D eigenvalue weighted by atomic mass is 9.90. The number of carbonyl (C=O) groups is 2. The molecule has 3 N–H and O–H groups in total. The highest BCUT2D eigenvalue weighted by molar-refractivity contribution is 5.86. The molecule has 0 bridgehead atoms. The van der Waals surface area contributed by atoms with Crippen LogP contribution < -0.4 is 10.6 Å². The summed E-state index contributed by atoms with van der Waals surface area (Å²) in [5, 5.41) is 18.5. The van der Waals surface area contributed by atoms with Crippen LogP contribution in [0.2, 0.25) is 0 Å². The van der Waals surface area contributed by atoms with Crippen LogP contribution in [0, 0.1) is 6.92 Å². The number of nitrogens with one attached hydrogen (secondary N) is 2. The van der Waals surface area contributed by atoms with Crippen molar-refractivity contribution in [3.05, 3.63) is 17.5 Å². The maximum Gasteiger partial charge on any atom is 0.329 e. The average molecular weight is 295 g/mol. The van der Waals surface area contributed by atoms with Crippen LogP contribution in [0.25, 0.3) is 0 Å². The minimum Gasteiger partial charge on any atom is -0.480 e. The van der Waals surface area contributed by atoms with E-state index in [0.29, 0.717) is 18.6 Å². The SMILES string of the molecule is Cc1cc(CNC(=O)NC2(C(=O)O)CCCCCC2)on1. The largest absolute Gasteiger partial charge is 0.480 e. The van der Waals surface area contributed by atoms with E-state index in [0.717, 1.165) is 31.4 Å². The molecular formula is C14H21N3O4. The molecule has 1 aromatic heterocycles. The summed E-state index contributed by atoms with van der Waals surface area (Å²) in [7, 11) is 0. The predicted octanol–water partition coefficient (Wildman–Crippen LogP) is 1.96. The normalized spacial score (nSPS) is 17.8. The molecule has 0 unspecified atom stereocenters. The van der Waals surface area contributed by atoms with Gasteiger partial charge >= 0.3 is 12.0 Å². The van der Waals surface area contributed by atoms with Gasteiger partial charge < -0.3 is 20.3 Å². The van der Waals surface area contributed by atoms with Gasteiger partial charge in [0.1, 0.15) is 5.54 Å². The first-order chi connectivity index (χ1) is 10.0.